The predicted molar refractivity (Wildman–Crippen MR) is 75.7 cm³/mol. The smallest absolute Gasteiger partial charge is 0.250 e. The Morgan fingerprint density at radius 2 is 2.25 bits per heavy atom. The molecule has 0 aliphatic rings. The normalized spacial score (nSPS) is 10.6. The van der Waals surface area contributed by atoms with Crippen LogP contribution in [-0.4, -0.2) is 32.2 Å². The molecular formula is C12H15ClN6O. The largest absolute Gasteiger partial charge is 0.368 e. The fourth-order valence-electron chi connectivity index (χ4n) is 1.66. The van der Waals surface area contributed by atoms with Crippen LogP contribution in [0, 0.1) is 6.92 Å². The molecule has 0 unspecified atom stereocenters. The molecule has 8 heteroatoms. The highest BCUT2D eigenvalue weighted by Crippen LogP contribution is 2.19. The van der Waals surface area contributed by atoms with Gasteiger partial charge in [-0.1, -0.05) is 11.6 Å². The van der Waals surface area contributed by atoms with E-state index in [9.17, 15) is 4.79 Å². The zero-order valence-electron chi connectivity index (χ0n) is 11.2. The number of aromatic nitrogens is 4. The lowest BCUT2D eigenvalue weighted by Gasteiger charge is -2.08. The van der Waals surface area contributed by atoms with E-state index in [-0.39, 0.29) is 5.56 Å². The van der Waals surface area contributed by atoms with Gasteiger partial charge in [-0.3, -0.25) is 4.79 Å². The van der Waals surface area contributed by atoms with E-state index < -0.39 is 5.91 Å². The zero-order chi connectivity index (χ0) is 14.7. The van der Waals surface area contributed by atoms with Gasteiger partial charge in [-0.05, 0) is 13.0 Å². The molecule has 0 atom stereocenters. The van der Waals surface area contributed by atoms with E-state index in [4.69, 9.17) is 17.3 Å². The number of anilines is 1. The van der Waals surface area contributed by atoms with Crippen molar-refractivity contribution in [2.75, 3.05) is 11.9 Å². The number of nitrogens with zero attached hydrogens (tertiary/aromatic N) is 4. The van der Waals surface area contributed by atoms with Gasteiger partial charge in [-0.15, -0.1) is 10.2 Å². The van der Waals surface area contributed by atoms with Crippen LogP contribution < -0.4 is 11.1 Å². The SMILES string of the molecule is Cc1nnc(CCNc2ncc(C(N)=O)cc2Cl)n1C. The van der Waals surface area contributed by atoms with Crippen LogP contribution in [0.15, 0.2) is 12.3 Å². The lowest BCUT2D eigenvalue weighted by Crippen LogP contribution is -2.13. The second-order valence-corrected chi connectivity index (χ2v) is 4.73. The number of nitrogens with one attached hydrogen (secondary N) is 1. The summed E-state index contributed by atoms with van der Waals surface area (Å²) in [5.41, 5.74) is 5.43. The topological polar surface area (TPSA) is 98.7 Å². The van der Waals surface area contributed by atoms with Crippen molar-refractivity contribution in [2.24, 2.45) is 12.8 Å². The van der Waals surface area contributed by atoms with Crippen LogP contribution in [0.2, 0.25) is 5.02 Å². The number of nitrogens with two attached hydrogens (primary N) is 1. The van der Waals surface area contributed by atoms with Gasteiger partial charge in [-0.25, -0.2) is 4.98 Å². The van der Waals surface area contributed by atoms with Gasteiger partial charge in [-0.2, -0.15) is 0 Å². The first-order valence-corrected chi connectivity index (χ1v) is 6.41. The monoisotopic (exact) mass is 294 g/mol. The summed E-state index contributed by atoms with van der Waals surface area (Å²) >= 11 is 6.02. The van der Waals surface area contributed by atoms with Crippen molar-refractivity contribution >= 4 is 23.3 Å². The van der Waals surface area contributed by atoms with Gasteiger partial charge in [0.2, 0.25) is 5.91 Å². The van der Waals surface area contributed by atoms with E-state index in [1.165, 1.54) is 12.3 Å². The number of hydrogen-bond acceptors (Lipinski definition) is 5. The number of aryl methyl sites for hydroxylation is 1. The van der Waals surface area contributed by atoms with Crippen LogP contribution in [0.25, 0.3) is 0 Å². The minimum absolute atomic E-state index is 0.282. The summed E-state index contributed by atoms with van der Waals surface area (Å²) in [5.74, 6) is 1.69. The Morgan fingerprint density at radius 3 is 2.80 bits per heavy atom. The molecule has 0 saturated carbocycles. The molecule has 2 aromatic rings. The van der Waals surface area contributed by atoms with E-state index in [1.54, 1.807) is 0 Å². The van der Waals surface area contributed by atoms with E-state index in [1.807, 2.05) is 18.5 Å². The quantitative estimate of drug-likeness (QED) is 0.854. The van der Waals surface area contributed by atoms with E-state index in [2.05, 4.69) is 20.5 Å². The Hall–Kier alpha value is -2.15. The number of pyridine rings is 1. The molecular weight excluding hydrogens is 280 g/mol. The number of rotatable bonds is 5. The summed E-state index contributed by atoms with van der Waals surface area (Å²) in [5, 5.41) is 11.5. The lowest BCUT2D eigenvalue weighted by molar-refractivity contribution is 0.1000. The number of amides is 1. The molecule has 7 nitrogen and oxygen atoms in total. The van der Waals surface area contributed by atoms with Crippen LogP contribution in [0.4, 0.5) is 5.82 Å². The standard InChI is InChI=1S/C12H15ClN6O/c1-7-17-18-10(19(7)2)3-4-15-12-9(13)5-8(6-16-12)11(14)20/h5-6H,3-4H2,1-2H3,(H2,14,20)(H,15,16). The maximum Gasteiger partial charge on any atom is 0.250 e. The van der Waals surface area contributed by atoms with E-state index in [0.29, 0.717) is 23.8 Å². The highest BCUT2D eigenvalue weighted by atomic mass is 35.5. The van der Waals surface area contributed by atoms with Crippen LogP contribution in [-0.2, 0) is 13.5 Å². The Balaban J connectivity index is 1.98. The number of primary amides is 1. The third-order valence-corrected chi connectivity index (χ3v) is 3.24. The van der Waals surface area contributed by atoms with Crippen molar-refractivity contribution in [1.29, 1.82) is 0 Å². The summed E-state index contributed by atoms with van der Waals surface area (Å²) < 4.78 is 1.92. The van der Waals surface area contributed by atoms with Gasteiger partial charge in [0.15, 0.2) is 0 Å². The second kappa shape index (κ2) is 5.87. The molecule has 0 aromatic carbocycles. The summed E-state index contributed by atoms with van der Waals surface area (Å²) in [4.78, 5) is 15.1. The molecule has 0 saturated heterocycles. The van der Waals surface area contributed by atoms with Crippen molar-refractivity contribution in [3.05, 3.63) is 34.5 Å². The Bertz CT molecular complexity index is 639. The number of carbonyl (C=O) groups excluding carboxylic acids is 1. The molecule has 0 aliphatic carbocycles. The first kappa shape index (κ1) is 14.3. The van der Waals surface area contributed by atoms with Gasteiger partial charge < -0.3 is 15.6 Å². The fourth-order valence-corrected chi connectivity index (χ4v) is 1.90. The van der Waals surface area contributed by atoms with Gasteiger partial charge in [0, 0.05) is 26.2 Å². The maximum atomic E-state index is 11.0. The molecule has 2 rings (SSSR count). The molecule has 106 valence electrons. The summed E-state index contributed by atoms with van der Waals surface area (Å²) in [6.07, 6.45) is 2.08. The molecule has 0 aliphatic heterocycles. The molecule has 0 fully saturated rings. The fraction of sp³-hybridized carbons (Fsp3) is 0.333. The summed E-state index contributed by atoms with van der Waals surface area (Å²) in [7, 11) is 1.91. The van der Waals surface area contributed by atoms with Crippen LogP contribution in [0.3, 0.4) is 0 Å². The van der Waals surface area contributed by atoms with Crippen molar-refractivity contribution in [3.8, 4) is 0 Å². The van der Waals surface area contributed by atoms with E-state index >= 15 is 0 Å². The lowest BCUT2D eigenvalue weighted by atomic mass is 10.2. The van der Waals surface area contributed by atoms with Crippen molar-refractivity contribution in [2.45, 2.75) is 13.3 Å². The van der Waals surface area contributed by atoms with Crippen molar-refractivity contribution in [3.63, 3.8) is 0 Å². The molecule has 0 spiro atoms. The highest BCUT2D eigenvalue weighted by molar-refractivity contribution is 6.33. The third kappa shape index (κ3) is 3.05. The molecule has 0 bridgehead atoms. The number of halogens is 1. The maximum absolute atomic E-state index is 11.0. The average molecular weight is 295 g/mol. The Labute approximate surface area is 121 Å². The molecule has 1 amide bonds. The van der Waals surface area contributed by atoms with Gasteiger partial charge in [0.1, 0.15) is 17.5 Å². The van der Waals surface area contributed by atoms with E-state index in [0.717, 1.165) is 11.6 Å². The minimum Gasteiger partial charge on any atom is -0.368 e. The highest BCUT2D eigenvalue weighted by Gasteiger charge is 2.08. The van der Waals surface area contributed by atoms with Gasteiger partial charge in [0.25, 0.3) is 0 Å². The van der Waals surface area contributed by atoms with Crippen LogP contribution in [0.1, 0.15) is 22.0 Å². The van der Waals surface area contributed by atoms with Crippen molar-refractivity contribution < 1.29 is 4.79 Å². The summed E-state index contributed by atoms with van der Waals surface area (Å²) in [6.45, 7) is 2.50. The first-order chi connectivity index (χ1) is 9.49. The van der Waals surface area contributed by atoms with Gasteiger partial charge in [0.05, 0.1) is 10.6 Å². The minimum atomic E-state index is -0.555. The molecule has 20 heavy (non-hydrogen) atoms. The molecule has 2 aromatic heterocycles. The molecule has 2 heterocycles. The number of carbonyl (C=O) groups is 1. The van der Waals surface area contributed by atoms with Crippen LogP contribution >= 0.6 is 11.6 Å². The zero-order valence-corrected chi connectivity index (χ0v) is 12.0. The molecule has 0 radical (unpaired) electrons. The predicted octanol–water partition coefficient (Wildman–Crippen LogP) is 0.925. The Morgan fingerprint density at radius 1 is 1.50 bits per heavy atom. The second-order valence-electron chi connectivity index (χ2n) is 4.32. The summed E-state index contributed by atoms with van der Waals surface area (Å²) in [6, 6.07) is 1.49. The average Bonchev–Trinajstić information content (AvgIpc) is 2.72. The third-order valence-electron chi connectivity index (χ3n) is 2.95. The van der Waals surface area contributed by atoms with Crippen LogP contribution in [0.5, 0.6) is 0 Å². The Kier molecular flexibility index (Phi) is 4.19. The first-order valence-electron chi connectivity index (χ1n) is 6.03. The molecule has 3 N–H and O–H groups in total. The van der Waals surface area contributed by atoms with Gasteiger partial charge >= 0.3 is 0 Å². The number of hydrogen-bond donors (Lipinski definition) is 2. The van der Waals surface area contributed by atoms with Crippen molar-refractivity contribution in [1.82, 2.24) is 19.7 Å².